The van der Waals surface area contributed by atoms with Gasteiger partial charge in [0.1, 0.15) is 0 Å². The van der Waals surface area contributed by atoms with Crippen LogP contribution in [0, 0.1) is 10.1 Å². The zero-order valence-electron chi connectivity index (χ0n) is 9.71. The Labute approximate surface area is 103 Å². The third kappa shape index (κ3) is 3.85. The molecule has 96 valence electrons. The monoisotopic (exact) mass is 252 g/mol. The molecular weight excluding hydrogens is 240 g/mol. The second-order valence-corrected chi connectivity index (χ2v) is 3.33. The summed E-state index contributed by atoms with van der Waals surface area (Å²) in [6.07, 6.45) is 0. The first-order chi connectivity index (χ1) is 8.54. The number of carbonyl (C=O) groups is 2. The molecule has 0 radical (unpaired) electrons. The van der Waals surface area contributed by atoms with Gasteiger partial charge in [-0.2, -0.15) is 0 Å². The van der Waals surface area contributed by atoms with Crippen LogP contribution in [0.15, 0.2) is 24.3 Å². The highest BCUT2D eigenvalue weighted by Gasteiger charge is 2.14. The minimum atomic E-state index is -0.970. The molecule has 0 saturated heterocycles. The van der Waals surface area contributed by atoms with Crippen molar-refractivity contribution in [1.29, 1.82) is 0 Å². The lowest BCUT2D eigenvalue weighted by molar-refractivity contribution is -0.384. The molecule has 0 saturated carbocycles. The van der Waals surface area contributed by atoms with Crippen LogP contribution in [0.4, 0.5) is 5.69 Å². The first-order valence-corrected chi connectivity index (χ1v) is 5.23. The Morgan fingerprint density at radius 1 is 1.44 bits per heavy atom. The number of ether oxygens (including phenoxy) is 1. The number of nitrogens with one attached hydrogen (secondary N) is 1. The third-order valence-electron chi connectivity index (χ3n) is 2.04. The molecule has 1 aromatic rings. The van der Waals surface area contributed by atoms with Gasteiger partial charge in [0.2, 0.25) is 0 Å². The second kappa shape index (κ2) is 6.33. The quantitative estimate of drug-likeness (QED) is 0.369. The van der Waals surface area contributed by atoms with Gasteiger partial charge in [0.05, 0.1) is 11.5 Å². The Balaban J connectivity index is 2.58. The van der Waals surface area contributed by atoms with Gasteiger partial charge in [-0.05, 0) is 12.5 Å². The molecule has 0 spiro atoms. The van der Waals surface area contributed by atoms with Crippen molar-refractivity contribution in [2.45, 2.75) is 13.5 Å². The van der Waals surface area contributed by atoms with Crippen LogP contribution in [-0.2, 0) is 20.9 Å². The molecule has 18 heavy (non-hydrogen) atoms. The molecule has 0 aliphatic carbocycles. The molecule has 7 nitrogen and oxygen atoms in total. The molecule has 7 heteroatoms. The van der Waals surface area contributed by atoms with E-state index in [0.717, 1.165) is 0 Å². The van der Waals surface area contributed by atoms with Crippen LogP contribution >= 0.6 is 0 Å². The highest BCUT2D eigenvalue weighted by Crippen LogP contribution is 2.12. The number of nitrogens with zero attached hydrogens (tertiary/aromatic N) is 1. The Morgan fingerprint density at radius 3 is 2.78 bits per heavy atom. The van der Waals surface area contributed by atoms with E-state index in [2.05, 4.69) is 10.1 Å². The Morgan fingerprint density at radius 2 is 2.17 bits per heavy atom. The van der Waals surface area contributed by atoms with Crippen molar-refractivity contribution < 1.29 is 19.2 Å². The molecule has 1 N–H and O–H groups in total. The van der Waals surface area contributed by atoms with Crippen LogP contribution < -0.4 is 5.32 Å². The maximum atomic E-state index is 11.2. The smallest absolute Gasteiger partial charge is 0.396 e. The van der Waals surface area contributed by atoms with E-state index in [1.807, 2.05) is 0 Å². The van der Waals surface area contributed by atoms with Crippen LogP contribution in [0.3, 0.4) is 0 Å². The largest absolute Gasteiger partial charge is 0.459 e. The van der Waals surface area contributed by atoms with Gasteiger partial charge in [0.15, 0.2) is 0 Å². The van der Waals surface area contributed by atoms with Crippen LogP contribution in [0.2, 0.25) is 0 Å². The van der Waals surface area contributed by atoms with Gasteiger partial charge >= 0.3 is 11.9 Å². The summed E-state index contributed by atoms with van der Waals surface area (Å²) in [5.41, 5.74) is 0.458. The summed E-state index contributed by atoms with van der Waals surface area (Å²) < 4.78 is 4.49. The van der Waals surface area contributed by atoms with Gasteiger partial charge in [-0.25, -0.2) is 4.79 Å². The Bertz CT molecular complexity index is 472. The standard InChI is InChI=1S/C11H12N2O5/c1-2-18-11(15)10(14)12-7-8-4-3-5-9(6-8)13(16)17/h3-6H,2,7H2,1H3,(H,12,14). The molecule has 0 unspecified atom stereocenters. The number of rotatable bonds is 4. The van der Waals surface area contributed by atoms with E-state index in [1.165, 1.54) is 18.2 Å². The fourth-order valence-electron chi connectivity index (χ4n) is 1.23. The van der Waals surface area contributed by atoms with Gasteiger partial charge in [0.25, 0.3) is 5.69 Å². The van der Waals surface area contributed by atoms with E-state index < -0.39 is 16.8 Å². The van der Waals surface area contributed by atoms with E-state index in [9.17, 15) is 19.7 Å². The predicted octanol–water partition coefficient (Wildman–Crippen LogP) is 0.774. The summed E-state index contributed by atoms with van der Waals surface area (Å²) in [6.45, 7) is 1.73. The number of esters is 1. The molecule has 1 rings (SSSR count). The van der Waals surface area contributed by atoms with Crippen LogP contribution in [0.1, 0.15) is 12.5 Å². The molecule has 0 aliphatic heterocycles. The van der Waals surface area contributed by atoms with Crippen molar-refractivity contribution in [3.8, 4) is 0 Å². The van der Waals surface area contributed by atoms with Gasteiger partial charge < -0.3 is 10.1 Å². The summed E-state index contributed by atoms with van der Waals surface area (Å²) in [5, 5.41) is 12.8. The van der Waals surface area contributed by atoms with Crippen molar-refractivity contribution >= 4 is 17.6 Å². The third-order valence-corrected chi connectivity index (χ3v) is 2.04. The minimum absolute atomic E-state index is 0.0271. The number of benzene rings is 1. The number of amides is 1. The molecule has 0 aromatic heterocycles. The van der Waals surface area contributed by atoms with Gasteiger partial charge in [-0.3, -0.25) is 14.9 Å². The predicted molar refractivity (Wildman–Crippen MR) is 61.6 cm³/mol. The maximum Gasteiger partial charge on any atom is 0.396 e. The van der Waals surface area contributed by atoms with Crippen molar-refractivity contribution in [1.82, 2.24) is 5.32 Å². The Kier molecular flexibility index (Phi) is 4.79. The molecule has 0 fully saturated rings. The molecule has 1 amide bonds. The lowest BCUT2D eigenvalue weighted by Gasteiger charge is -2.04. The lowest BCUT2D eigenvalue weighted by atomic mass is 10.2. The van der Waals surface area contributed by atoms with Crippen LogP contribution in [0.25, 0.3) is 0 Å². The van der Waals surface area contributed by atoms with E-state index in [4.69, 9.17) is 0 Å². The van der Waals surface area contributed by atoms with Gasteiger partial charge in [0, 0.05) is 18.7 Å². The topological polar surface area (TPSA) is 98.5 Å². The zero-order chi connectivity index (χ0) is 13.5. The zero-order valence-corrected chi connectivity index (χ0v) is 9.71. The number of carbonyl (C=O) groups excluding carboxylic acids is 2. The van der Waals surface area contributed by atoms with Crippen molar-refractivity contribution in [2.24, 2.45) is 0 Å². The maximum absolute atomic E-state index is 11.2. The summed E-state index contributed by atoms with van der Waals surface area (Å²) >= 11 is 0. The SMILES string of the molecule is CCOC(=O)C(=O)NCc1cccc([N+](=O)[O-])c1. The number of nitro groups is 1. The number of nitro benzene ring substituents is 1. The molecule has 0 aliphatic rings. The fraction of sp³-hybridized carbons (Fsp3) is 0.273. The van der Waals surface area contributed by atoms with Crippen molar-refractivity contribution in [3.05, 3.63) is 39.9 Å². The average molecular weight is 252 g/mol. The average Bonchev–Trinajstić information content (AvgIpc) is 2.36. The van der Waals surface area contributed by atoms with Crippen molar-refractivity contribution in [2.75, 3.05) is 6.61 Å². The van der Waals surface area contributed by atoms with Crippen LogP contribution in [-0.4, -0.2) is 23.4 Å². The normalized spacial score (nSPS) is 9.61. The van der Waals surface area contributed by atoms with E-state index >= 15 is 0 Å². The highest BCUT2D eigenvalue weighted by molar-refractivity contribution is 6.32. The number of hydrogen-bond acceptors (Lipinski definition) is 5. The number of non-ortho nitro benzene ring substituents is 1. The fourth-order valence-corrected chi connectivity index (χ4v) is 1.23. The number of hydrogen-bond donors (Lipinski definition) is 1. The molecule has 0 heterocycles. The highest BCUT2D eigenvalue weighted by atomic mass is 16.6. The Hall–Kier alpha value is -2.44. The molecule has 0 bridgehead atoms. The first-order valence-electron chi connectivity index (χ1n) is 5.23. The molecule has 1 aromatic carbocycles. The minimum Gasteiger partial charge on any atom is -0.459 e. The summed E-state index contributed by atoms with van der Waals surface area (Å²) in [5.74, 6) is -1.84. The van der Waals surface area contributed by atoms with Crippen LogP contribution in [0.5, 0.6) is 0 Å². The van der Waals surface area contributed by atoms with E-state index in [0.29, 0.717) is 5.56 Å². The summed E-state index contributed by atoms with van der Waals surface area (Å²) in [6, 6.07) is 5.78. The first kappa shape index (κ1) is 13.6. The summed E-state index contributed by atoms with van der Waals surface area (Å²) in [7, 11) is 0. The molecular formula is C11H12N2O5. The van der Waals surface area contributed by atoms with Gasteiger partial charge in [-0.15, -0.1) is 0 Å². The second-order valence-electron chi connectivity index (χ2n) is 3.33. The molecule has 0 atom stereocenters. The lowest BCUT2D eigenvalue weighted by Crippen LogP contribution is -2.32. The van der Waals surface area contributed by atoms with Gasteiger partial charge in [-0.1, -0.05) is 12.1 Å². The summed E-state index contributed by atoms with van der Waals surface area (Å²) in [4.78, 5) is 32.2. The van der Waals surface area contributed by atoms with E-state index in [-0.39, 0.29) is 18.8 Å². The van der Waals surface area contributed by atoms with Crippen molar-refractivity contribution in [3.63, 3.8) is 0 Å². The van der Waals surface area contributed by atoms with E-state index in [1.54, 1.807) is 13.0 Å².